The van der Waals surface area contributed by atoms with Gasteiger partial charge in [0.15, 0.2) is 0 Å². The van der Waals surface area contributed by atoms with Crippen molar-refractivity contribution in [3.8, 4) is 0 Å². The largest absolute Gasteiger partial charge is 0.398 e. The standard InChI is InChI=1S/C12H14N2O3S/c1-14-7-8-3-2-4-10-9(8)5-6-11(13)12(10)18(15,16)17/h2-6,14H,7,13H2,1H3,(H,15,16,17). The summed E-state index contributed by atoms with van der Waals surface area (Å²) in [6, 6.07) is 8.51. The topological polar surface area (TPSA) is 92.4 Å². The summed E-state index contributed by atoms with van der Waals surface area (Å²) in [5.41, 5.74) is 6.63. The van der Waals surface area contributed by atoms with Crippen molar-refractivity contribution in [2.24, 2.45) is 0 Å². The minimum Gasteiger partial charge on any atom is -0.398 e. The molecular weight excluding hydrogens is 252 g/mol. The summed E-state index contributed by atoms with van der Waals surface area (Å²) in [5, 5.41) is 4.20. The number of hydrogen-bond acceptors (Lipinski definition) is 4. The van der Waals surface area contributed by atoms with Crippen molar-refractivity contribution in [3.63, 3.8) is 0 Å². The van der Waals surface area contributed by atoms with Crippen LogP contribution in [0.25, 0.3) is 10.8 Å². The second-order valence-electron chi connectivity index (χ2n) is 4.00. The third-order valence-corrected chi connectivity index (χ3v) is 3.73. The normalized spacial score (nSPS) is 11.9. The van der Waals surface area contributed by atoms with Gasteiger partial charge in [-0.05, 0) is 24.1 Å². The Kier molecular flexibility index (Phi) is 3.25. The predicted molar refractivity (Wildman–Crippen MR) is 70.9 cm³/mol. The minimum absolute atomic E-state index is 0.0478. The molecule has 6 heteroatoms. The predicted octanol–water partition coefficient (Wildman–Crippen LogP) is 1.39. The zero-order valence-electron chi connectivity index (χ0n) is 9.84. The van der Waals surface area contributed by atoms with Crippen LogP contribution in [0, 0.1) is 0 Å². The van der Waals surface area contributed by atoms with Crippen LogP contribution in [-0.2, 0) is 16.7 Å². The number of hydrogen-bond donors (Lipinski definition) is 3. The van der Waals surface area contributed by atoms with Crippen molar-refractivity contribution in [1.82, 2.24) is 5.32 Å². The molecule has 0 aliphatic rings. The average Bonchev–Trinajstić information content (AvgIpc) is 2.27. The summed E-state index contributed by atoms with van der Waals surface area (Å²) in [5.74, 6) is 0. The summed E-state index contributed by atoms with van der Waals surface area (Å²) in [4.78, 5) is -0.224. The number of rotatable bonds is 3. The lowest BCUT2D eigenvalue weighted by molar-refractivity contribution is 0.484. The Labute approximate surface area is 105 Å². The monoisotopic (exact) mass is 266 g/mol. The molecule has 5 nitrogen and oxygen atoms in total. The van der Waals surface area contributed by atoms with Crippen LogP contribution in [0.15, 0.2) is 35.2 Å². The highest BCUT2D eigenvalue weighted by atomic mass is 32.2. The Morgan fingerprint density at radius 1 is 1.22 bits per heavy atom. The molecule has 0 saturated heterocycles. The third kappa shape index (κ3) is 2.17. The van der Waals surface area contributed by atoms with E-state index in [0.717, 1.165) is 10.9 Å². The molecule has 0 bridgehead atoms. The molecule has 0 atom stereocenters. The maximum atomic E-state index is 11.4. The van der Waals surface area contributed by atoms with Crippen molar-refractivity contribution < 1.29 is 13.0 Å². The van der Waals surface area contributed by atoms with Crippen LogP contribution in [0.5, 0.6) is 0 Å². The Morgan fingerprint density at radius 2 is 1.94 bits per heavy atom. The van der Waals surface area contributed by atoms with Crippen molar-refractivity contribution in [2.45, 2.75) is 11.4 Å². The Morgan fingerprint density at radius 3 is 2.56 bits per heavy atom. The number of nitrogens with one attached hydrogen (secondary N) is 1. The van der Waals surface area contributed by atoms with Gasteiger partial charge in [0.05, 0.1) is 5.69 Å². The molecule has 0 aliphatic carbocycles. The second kappa shape index (κ2) is 4.56. The van der Waals surface area contributed by atoms with Gasteiger partial charge >= 0.3 is 0 Å². The molecule has 0 unspecified atom stereocenters. The van der Waals surface area contributed by atoms with E-state index in [-0.39, 0.29) is 10.6 Å². The van der Waals surface area contributed by atoms with Crippen molar-refractivity contribution in [1.29, 1.82) is 0 Å². The molecule has 2 rings (SSSR count). The minimum atomic E-state index is -4.34. The first-order valence-electron chi connectivity index (χ1n) is 5.37. The van der Waals surface area contributed by atoms with Crippen LogP contribution < -0.4 is 11.1 Å². The number of fused-ring (bicyclic) bond motifs is 1. The number of nitrogen functional groups attached to an aromatic ring is 1. The van der Waals surface area contributed by atoms with E-state index in [2.05, 4.69) is 5.32 Å². The van der Waals surface area contributed by atoms with Gasteiger partial charge < -0.3 is 11.1 Å². The molecule has 18 heavy (non-hydrogen) atoms. The fraction of sp³-hybridized carbons (Fsp3) is 0.167. The molecule has 0 radical (unpaired) electrons. The van der Waals surface area contributed by atoms with Gasteiger partial charge in [0.1, 0.15) is 4.90 Å². The summed E-state index contributed by atoms with van der Waals surface area (Å²) in [6.07, 6.45) is 0. The first-order chi connectivity index (χ1) is 8.45. The lowest BCUT2D eigenvalue weighted by atomic mass is 10.0. The van der Waals surface area contributed by atoms with Crippen LogP contribution in [-0.4, -0.2) is 20.0 Å². The lowest BCUT2D eigenvalue weighted by Gasteiger charge is -2.10. The highest BCUT2D eigenvalue weighted by Crippen LogP contribution is 2.30. The highest BCUT2D eigenvalue weighted by molar-refractivity contribution is 7.86. The maximum Gasteiger partial charge on any atom is 0.297 e. The van der Waals surface area contributed by atoms with E-state index in [9.17, 15) is 13.0 Å². The van der Waals surface area contributed by atoms with Crippen LogP contribution in [0.4, 0.5) is 5.69 Å². The lowest BCUT2D eigenvalue weighted by Crippen LogP contribution is -2.07. The van der Waals surface area contributed by atoms with Crippen LogP contribution >= 0.6 is 0 Å². The molecule has 96 valence electrons. The van der Waals surface area contributed by atoms with Crippen LogP contribution in [0.1, 0.15) is 5.56 Å². The molecule has 0 saturated carbocycles. The van der Waals surface area contributed by atoms with Crippen molar-refractivity contribution in [2.75, 3.05) is 12.8 Å². The molecule has 0 heterocycles. The molecule has 0 amide bonds. The van der Waals surface area contributed by atoms with Crippen LogP contribution in [0.3, 0.4) is 0 Å². The van der Waals surface area contributed by atoms with Crippen LogP contribution in [0.2, 0.25) is 0 Å². The van der Waals surface area contributed by atoms with Gasteiger partial charge in [-0.1, -0.05) is 24.3 Å². The van der Waals surface area contributed by atoms with Gasteiger partial charge in [-0.15, -0.1) is 0 Å². The molecule has 2 aromatic rings. The van der Waals surface area contributed by atoms with Gasteiger partial charge in [0.2, 0.25) is 0 Å². The number of benzene rings is 2. The Hall–Kier alpha value is -1.63. The number of nitrogens with two attached hydrogens (primary N) is 1. The first-order valence-corrected chi connectivity index (χ1v) is 6.81. The molecule has 2 aromatic carbocycles. The van der Waals surface area contributed by atoms with E-state index in [1.54, 1.807) is 25.2 Å². The summed E-state index contributed by atoms with van der Waals surface area (Å²) in [6.45, 7) is 0.603. The quantitative estimate of drug-likeness (QED) is 0.576. The zero-order chi connectivity index (χ0) is 13.3. The molecule has 0 aliphatic heterocycles. The van der Waals surface area contributed by atoms with Crippen molar-refractivity contribution in [3.05, 3.63) is 35.9 Å². The highest BCUT2D eigenvalue weighted by Gasteiger charge is 2.18. The van der Waals surface area contributed by atoms with E-state index in [0.29, 0.717) is 11.9 Å². The van der Waals surface area contributed by atoms with E-state index in [1.807, 2.05) is 6.07 Å². The van der Waals surface area contributed by atoms with E-state index < -0.39 is 10.1 Å². The molecular formula is C12H14N2O3S. The molecule has 4 N–H and O–H groups in total. The van der Waals surface area contributed by atoms with Gasteiger partial charge in [-0.25, -0.2) is 0 Å². The van der Waals surface area contributed by atoms with Crippen molar-refractivity contribution >= 4 is 26.6 Å². The van der Waals surface area contributed by atoms with E-state index in [4.69, 9.17) is 5.73 Å². The van der Waals surface area contributed by atoms with Gasteiger partial charge in [0.25, 0.3) is 10.1 Å². The summed E-state index contributed by atoms with van der Waals surface area (Å²) >= 11 is 0. The molecule has 0 fully saturated rings. The summed E-state index contributed by atoms with van der Waals surface area (Å²) in [7, 11) is -2.53. The zero-order valence-corrected chi connectivity index (χ0v) is 10.7. The molecule has 0 spiro atoms. The molecule has 0 aromatic heterocycles. The fourth-order valence-electron chi connectivity index (χ4n) is 2.04. The average molecular weight is 266 g/mol. The van der Waals surface area contributed by atoms with Gasteiger partial charge in [0, 0.05) is 11.9 Å². The number of anilines is 1. The van der Waals surface area contributed by atoms with Gasteiger partial charge in [-0.2, -0.15) is 8.42 Å². The smallest absolute Gasteiger partial charge is 0.297 e. The maximum absolute atomic E-state index is 11.4. The van der Waals surface area contributed by atoms with E-state index in [1.165, 1.54) is 6.07 Å². The Balaban J connectivity index is 2.87. The van der Waals surface area contributed by atoms with Gasteiger partial charge in [-0.3, -0.25) is 4.55 Å². The SMILES string of the molecule is CNCc1cccc2c(S(=O)(=O)O)c(N)ccc12. The summed E-state index contributed by atoms with van der Waals surface area (Å²) < 4.78 is 32.1. The fourth-order valence-corrected chi connectivity index (χ4v) is 2.87. The Bertz CT molecular complexity index is 696. The second-order valence-corrected chi connectivity index (χ2v) is 5.36. The van der Waals surface area contributed by atoms with E-state index >= 15 is 0 Å². The third-order valence-electron chi connectivity index (χ3n) is 2.76. The first kappa shape index (κ1) is 12.8.